The van der Waals surface area contributed by atoms with Gasteiger partial charge in [-0.1, -0.05) is 84.7 Å². The van der Waals surface area contributed by atoms with Gasteiger partial charge in [0.15, 0.2) is 0 Å². The molecule has 0 aliphatic heterocycles. The normalized spacial score (nSPS) is 16.4. The van der Waals surface area contributed by atoms with Crippen LogP contribution in [0.1, 0.15) is 19.2 Å². The Morgan fingerprint density at radius 2 is 0.889 bits per heavy atom. The molecule has 0 N–H and O–H groups in total. The Labute approximate surface area is 277 Å². The topological polar surface area (TPSA) is 31.2 Å². The summed E-state index contributed by atoms with van der Waals surface area (Å²) in [4.78, 5) is 0. The van der Waals surface area contributed by atoms with Crippen LogP contribution in [0.2, 0.25) is 0 Å². The average molecular weight is 590 g/mol. The van der Waals surface area contributed by atoms with Crippen molar-refractivity contribution in [3.63, 3.8) is 0 Å². The summed E-state index contributed by atoms with van der Waals surface area (Å²) in [5.74, 6) is 0. The Balaban J connectivity index is 1.37. The molecule has 3 heteroatoms. The summed E-state index contributed by atoms with van der Waals surface area (Å²) in [7, 11) is 0. The van der Waals surface area contributed by atoms with E-state index < -0.39 is 72.5 Å². The molecule has 0 aliphatic carbocycles. The summed E-state index contributed by atoms with van der Waals surface area (Å²) in [5, 5.41) is 1.38. The number of aromatic nitrogens is 1. The minimum atomic E-state index is -0.563. The first-order chi connectivity index (χ1) is 28.1. The SMILES string of the molecule is [2H]c1c([2H])c([2H])c2c(oc3c([2H])c([2H])c(-c4cc(-c5c([2H])c([2H])c6oc7c([2H])c([2H])c([2H])c([2H])c7c6c5[2H])cc(-n5c6ccccc6c6ccccc65)c4)c([2H])c32)c1[2H]. The molecule has 3 heterocycles. The molecule has 0 saturated carbocycles. The van der Waals surface area contributed by atoms with E-state index in [2.05, 4.69) is 0 Å². The molecule has 0 amide bonds. The first kappa shape index (κ1) is 14.6. The third-order valence-electron chi connectivity index (χ3n) is 8.10. The third-order valence-corrected chi connectivity index (χ3v) is 8.10. The first-order valence-corrected chi connectivity index (χ1v) is 14.1. The lowest BCUT2D eigenvalue weighted by Crippen LogP contribution is -1.96. The second-order valence-electron chi connectivity index (χ2n) is 10.7. The highest BCUT2D eigenvalue weighted by atomic mass is 16.3. The van der Waals surface area contributed by atoms with E-state index in [9.17, 15) is 5.48 Å². The lowest BCUT2D eigenvalue weighted by Gasteiger charge is -2.14. The number of furan rings is 2. The van der Waals surface area contributed by atoms with Crippen molar-refractivity contribution in [3.05, 3.63) is 151 Å². The molecule has 45 heavy (non-hydrogen) atoms. The van der Waals surface area contributed by atoms with Crippen molar-refractivity contribution in [1.29, 1.82) is 0 Å². The van der Waals surface area contributed by atoms with Gasteiger partial charge < -0.3 is 13.4 Å². The number of fused-ring (bicyclic) bond motifs is 9. The van der Waals surface area contributed by atoms with Crippen LogP contribution in [0, 0.1) is 0 Å². The average Bonchev–Trinajstić information content (AvgIpc) is 3.94. The van der Waals surface area contributed by atoms with Crippen molar-refractivity contribution in [2.75, 3.05) is 0 Å². The van der Waals surface area contributed by atoms with E-state index in [0.29, 0.717) is 5.69 Å². The van der Waals surface area contributed by atoms with Crippen LogP contribution < -0.4 is 0 Å². The summed E-state index contributed by atoms with van der Waals surface area (Å²) >= 11 is 0. The molecule has 7 aromatic carbocycles. The van der Waals surface area contributed by atoms with Crippen molar-refractivity contribution >= 4 is 65.7 Å². The standard InChI is InChI=1S/C42H25NO2/c1-5-13-37-31(9-1)32-10-2-6-14-38(32)43(37)30-22-28(26-17-19-41-35(24-26)33-11-3-7-15-39(33)44-41)21-29(23-30)27-18-20-42-36(25-27)34-12-4-8-16-40(34)45-42/h1-25H/i3D,4D,7D,8D,11D,12D,15D,16D,17D,18D,19D,20D,24D,25D. The van der Waals surface area contributed by atoms with Gasteiger partial charge >= 0.3 is 0 Å². The highest BCUT2D eigenvalue weighted by Gasteiger charge is 2.16. The van der Waals surface area contributed by atoms with E-state index in [-0.39, 0.29) is 78.2 Å². The molecule has 3 nitrogen and oxygen atoms in total. The van der Waals surface area contributed by atoms with E-state index in [1.165, 1.54) is 6.07 Å². The zero-order valence-corrected chi connectivity index (χ0v) is 23.1. The van der Waals surface area contributed by atoms with Crippen LogP contribution in [0.3, 0.4) is 0 Å². The van der Waals surface area contributed by atoms with Crippen LogP contribution in [0.5, 0.6) is 0 Å². The predicted molar refractivity (Wildman–Crippen MR) is 186 cm³/mol. The molecule has 0 aliphatic rings. The van der Waals surface area contributed by atoms with Crippen LogP contribution >= 0.6 is 0 Å². The van der Waals surface area contributed by atoms with E-state index in [1.807, 2.05) is 53.1 Å². The van der Waals surface area contributed by atoms with Gasteiger partial charge in [0.25, 0.3) is 0 Å². The smallest absolute Gasteiger partial charge is 0.135 e. The summed E-state index contributed by atoms with van der Waals surface area (Å²) < 4.78 is 137. The predicted octanol–water partition coefficient (Wildman–Crippen LogP) is 11.9. The fourth-order valence-electron chi connectivity index (χ4n) is 6.12. The highest BCUT2D eigenvalue weighted by Crippen LogP contribution is 2.39. The summed E-state index contributed by atoms with van der Waals surface area (Å²) in [6.07, 6.45) is 0. The lowest BCUT2D eigenvalue weighted by atomic mass is 9.96. The minimum absolute atomic E-state index is 0.0944. The van der Waals surface area contributed by atoms with Crippen LogP contribution in [0.15, 0.2) is 160 Å². The summed E-state index contributed by atoms with van der Waals surface area (Å²) in [5.41, 5.74) is 1.09. The van der Waals surface area contributed by atoms with E-state index in [4.69, 9.17) is 22.5 Å². The Morgan fingerprint density at radius 1 is 0.422 bits per heavy atom. The Hall–Kier alpha value is -6.06. The quantitative estimate of drug-likeness (QED) is 0.205. The molecule has 0 saturated heterocycles. The molecule has 10 rings (SSSR count). The fourth-order valence-corrected chi connectivity index (χ4v) is 6.12. The van der Waals surface area contributed by atoms with Crippen LogP contribution in [-0.2, 0) is 0 Å². The number of hydrogen-bond acceptors (Lipinski definition) is 2. The second-order valence-corrected chi connectivity index (χ2v) is 10.7. The third kappa shape index (κ3) is 3.65. The Morgan fingerprint density at radius 3 is 1.42 bits per heavy atom. The van der Waals surface area contributed by atoms with Crippen molar-refractivity contribution in [2.45, 2.75) is 0 Å². The zero-order valence-electron chi connectivity index (χ0n) is 37.1. The molecule has 0 bridgehead atoms. The van der Waals surface area contributed by atoms with Crippen LogP contribution in [0.4, 0.5) is 0 Å². The number of hydrogen-bond donors (Lipinski definition) is 0. The van der Waals surface area contributed by atoms with Crippen molar-refractivity contribution in [1.82, 2.24) is 4.57 Å². The highest BCUT2D eigenvalue weighted by molar-refractivity contribution is 6.10. The monoisotopic (exact) mass is 589 g/mol. The summed E-state index contributed by atoms with van der Waals surface area (Å²) in [6.45, 7) is 0. The molecule has 3 aromatic heterocycles. The number of rotatable bonds is 3. The number of para-hydroxylation sites is 4. The van der Waals surface area contributed by atoms with Gasteiger partial charge in [0.2, 0.25) is 0 Å². The van der Waals surface area contributed by atoms with Gasteiger partial charge in [-0.3, -0.25) is 0 Å². The van der Waals surface area contributed by atoms with E-state index in [0.717, 1.165) is 21.8 Å². The molecular formula is C42H25NO2. The van der Waals surface area contributed by atoms with Crippen LogP contribution in [-0.4, -0.2) is 4.57 Å². The van der Waals surface area contributed by atoms with E-state index in [1.54, 1.807) is 12.1 Å². The van der Waals surface area contributed by atoms with Gasteiger partial charge in [-0.25, -0.2) is 0 Å². The molecule has 0 spiro atoms. The van der Waals surface area contributed by atoms with Gasteiger partial charge in [0.05, 0.1) is 30.2 Å². The molecular weight excluding hydrogens is 550 g/mol. The Bertz CT molecular complexity index is 3340. The maximum absolute atomic E-state index is 9.55. The Kier molecular flexibility index (Phi) is 2.99. The van der Waals surface area contributed by atoms with Gasteiger partial charge in [0, 0.05) is 38.0 Å². The first-order valence-electron chi connectivity index (χ1n) is 21.1. The van der Waals surface area contributed by atoms with E-state index >= 15 is 0 Å². The van der Waals surface area contributed by atoms with Gasteiger partial charge in [-0.2, -0.15) is 0 Å². The fraction of sp³-hybridized carbons (Fsp3) is 0. The van der Waals surface area contributed by atoms with Crippen molar-refractivity contribution in [2.24, 2.45) is 0 Å². The van der Waals surface area contributed by atoms with Gasteiger partial charge in [-0.05, 0) is 88.8 Å². The number of nitrogens with zero attached hydrogens (tertiary/aromatic N) is 1. The molecule has 0 radical (unpaired) electrons. The minimum Gasteiger partial charge on any atom is -0.456 e. The molecule has 0 atom stereocenters. The zero-order chi connectivity index (χ0) is 41.7. The maximum atomic E-state index is 9.55. The maximum Gasteiger partial charge on any atom is 0.135 e. The van der Waals surface area contributed by atoms with Gasteiger partial charge in [0.1, 0.15) is 22.3 Å². The van der Waals surface area contributed by atoms with Crippen molar-refractivity contribution in [3.8, 4) is 27.9 Å². The van der Waals surface area contributed by atoms with Gasteiger partial charge in [-0.15, -0.1) is 0 Å². The van der Waals surface area contributed by atoms with Crippen molar-refractivity contribution < 1.29 is 28.0 Å². The molecule has 0 unspecified atom stereocenters. The van der Waals surface area contributed by atoms with Crippen LogP contribution in [0.25, 0.3) is 93.6 Å². The second kappa shape index (κ2) is 9.22. The number of benzene rings is 7. The molecule has 10 aromatic rings. The largest absolute Gasteiger partial charge is 0.456 e. The lowest BCUT2D eigenvalue weighted by molar-refractivity contribution is 0.668. The molecule has 0 fully saturated rings. The molecule has 210 valence electrons. The summed E-state index contributed by atoms with van der Waals surface area (Å²) in [6, 6.07) is 13.4.